The minimum Gasteiger partial charge on any atom is -0.462 e. The Labute approximate surface area is 98.4 Å². The van der Waals surface area contributed by atoms with E-state index in [0.29, 0.717) is 12.6 Å². The van der Waals surface area contributed by atoms with Crippen molar-refractivity contribution in [2.24, 2.45) is 0 Å². The molecular formula is C10H14N4O3. The molecule has 0 amide bonds. The SMILES string of the molecule is O=[N+]([O-])c1cnc(OCC2CCCCN2)nc1. The van der Waals surface area contributed by atoms with Gasteiger partial charge in [-0.25, -0.2) is 0 Å². The van der Waals surface area contributed by atoms with Gasteiger partial charge >= 0.3 is 11.7 Å². The number of ether oxygens (including phenoxy) is 1. The van der Waals surface area contributed by atoms with Crippen molar-refractivity contribution in [3.05, 3.63) is 22.5 Å². The molecule has 0 spiro atoms. The van der Waals surface area contributed by atoms with Crippen LogP contribution in [0, 0.1) is 10.1 Å². The van der Waals surface area contributed by atoms with Crippen molar-refractivity contribution in [3.63, 3.8) is 0 Å². The molecule has 0 radical (unpaired) electrons. The zero-order chi connectivity index (χ0) is 12.1. The van der Waals surface area contributed by atoms with Crippen LogP contribution in [0.15, 0.2) is 12.4 Å². The summed E-state index contributed by atoms with van der Waals surface area (Å²) in [6.07, 6.45) is 5.77. The molecule has 92 valence electrons. The number of nitrogens with one attached hydrogen (secondary N) is 1. The first-order valence-corrected chi connectivity index (χ1v) is 5.58. The number of nitrogens with zero attached hydrogens (tertiary/aromatic N) is 3. The summed E-state index contributed by atoms with van der Waals surface area (Å²) in [4.78, 5) is 17.4. The lowest BCUT2D eigenvalue weighted by Crippen LogP contribution is -2.38. The Balaban J connectivity index is 1.84. The molecule has 1 unspecified atom stereocenters. The molecule has 2 rings (SSSR count). The average Bonchev–Trinajstić information content (AvgIpc) is 2.38. The molecule has 1 aliphatic heterocycles. The Morgan fingerprint density at radius 1 is 1.47 bits per heavy atom. The number of piperidine rings is 1. The van der Waals surface area contributed by atoms with Crippen LogP contribution in [-0.4, -0.2) is 34.1 Å². The van der Waals surface area contributed by atoms with Crippen LogP contribution in [0.2, 0.25) is 0 Å². The van der Waals surface area contributed by atoms with Crippen LogP contribution in [0.3, 0.4) is 0 Å². The van der Waals surface area contributed by atoms with Crippen LogP contribution in [0.4, 0.5) is 5.69 Å². The quantitative estimate of drug-likeness (QED) is 0.619. The highest BCUT2D eigenvalue weighted by Gasteiger charge is 2.14. The van der Waals surface area contributed by atoms with Crippen LogP contribution >= 0.6 is 0 Å². The molecule has 1 N–H and O–H groups in total. The van der Waals surface area contributed by atoms with Gasteiger partial charge < -0.3 is 10.1 Å². The summed E-state index contributed by atoms with van der Waals surface area (Å²) in [5.41, 5.74) is -0.131. The van der Waals surface area contributed by atoms with E-state index in [4.69, 9.17) is 4.74 Å². The fourth-order valence-electron chi connectivity index (χ4n) is 1.72. The fraction of sp³-hybridized carbons (Fsp3) is 0.600. The number of nitro groups is 1. The van der Waals surface area contributed by atoms with Crippen molar-refractivity contribution in [1.29, 1.82) is 0 Å². The molecule has 0 bridgehead atoms. The molecule has 17 heavy (non-hydrogen) atoms. The topological polar surface area (TPSA) is 90.2 Å². The first-order valence-electron chi connectivity index (χ1n) is 5.58. The van der Waals surface area contributed by atoms with E-state index in [1.165, 1.54) is 12.8 Å². The first kappa shape index (κ1) is 11.7. The first-order chi connectivity index (χ1) is 8.25. The fourth-order valence-corrected chi connectivity index (χ4v) is 1.72. The molecule has 0 aromatic carbocycles. The van der Waals surface area contributed by atoms with Gasteiger partial charge in [0.05, 0.1) is 4.92 Å². The Kier molecular flexibility index (Phi) is 3.81. The average molecular weight is 238 g/mol. The zero-order valence-corrected chi connectivity index (χ0v) is 9.33. The monoisotopic (exact) mass is 238 g/mol. The maximum absolute atomic E-state index is 10.4. The van der Waals surface area contributed by atoms with Crippen LogP contribution in [0.1, 0.15) is 19.3 Å². The molecule has 2 heterocycles. The highest BCUT2D eigenvalue weighted by Crippen LogP contribution is 2.11. The van der Waals surface area contributed by atoms with Gasteiger partial charge in [0.2, 0.25) is 0 Å². The lowest BCUT2D eigenvalue weighted by molar-refractivity contribution is -0.385. The van der Waals surface area contributed by atoms with Gasteiger partial charge in [0.15, 0.2) is 0 Å². The lowest BCUT2D eigenvalue weighted by Gasteiger charge is -2.22. The maximum Gasteiger partial charge on any atom is 0.316 e. The van der Waals surface area contributed by atoms with Gasteiger partial charge in [-0.1, -0.05) is 6.42 Å². The normalized spacial score (nSPS) is 19.9. The van der Waals surface area contributed by atoms with Crippen LogP contribution in [-0.2, 0) is 0 Å². The summed E-state index contributed by atoms with van der Waals surface area (Å²) in [6, 6.07) is 0.505. The van der Waals surface area contributed by atoms with Gasteiger partial charge in [0.1, 0.15) is 19.0 Å². The third kappa shape index (κ3) is 3.35. The molecule has 0 aliphatic carbocycles. The van der Waals surface area contributed by atoms with Gasteiger partial charge in [-0.05, 0) is 19.4 Å². The summed E-state index contributed by atoms with van der Waals surface area (Å²) in [6.45, 7) is 1.51. The summed E-state index contributed by atoms with van der Waals surface area (Å²) in [7, 11) is 0. The highest BCUT2D eigenvalue weighted by molar-refractivity contribution is 5.21. The van der Waals surface area contributed by atoms with Crippen molar-refractivity contribution >= 4 is 5.69 Å². The summed E-state index contributed by atoms with van der Waals surface area (Å²) in [5, 5.41) is 13.7. The predicted octanol–water partition coefficient (Wildman–Crippen LogP) is 0.906. The molecular weight excluding hydrogens is 224 g/mol. The Morgan fingerprint density at radius 3 is 2.82 bits per heavy atom. The Bertz CT molecular complexity index is 376. The molecule has 1 aromatic rings. The van der Waals surface area contributed by atoms with Crippen LogP contribution in [0.5, 0.6) is 6.01 Å². The number of hydrogen-bond acceptors (Lipinski definition) is 6. The van der Waals surface area contributed by atoms with E-state index < -0.39 is 4.92 Å². The lowest BCUT2D eigenvalue weighted by atomic mass is 10.1. The number of rotatable bonds is 4. The van der Waals surface area contributed by atoms with Gasteiger partial charge in [-0.3, -0.25) is 10.1 Å². The Morgan fingerprint density at radius 2 is 2.24 bits per heavy atom. The van der Waals surface area contributed by atoms with Crippen LogP contribution in [0.25, 0.3) is 0 Å². The smallest absolute Gasteiger partial charge is 0.316 e. The molecule has 1 aliphatic rings. The highest BCUT2D eigenvalue weighted by atomic mass is 16.6. The second-order valence-corrected chi connectivity index (χ2v) is 3.94. The van der Waals surface area contributed by atoms with Crippen molar-refractivity contribution in [2.45, 2.75) is 25.3 Å². The molecule has 1 atom stereocenters. The van der Waals surface area contributed by atoms with E-state index in [-0.39, 0.29) is 11.7 Å². The second-order valence-electron chi connectivity index (χ2n) is 3.94. The molecule has 7 nitrogen and oxygen atoms in total. The molecule has 1 saturated heterocycles. The summed E-state index contributed by atoms with van der Waals surface area (Å²) < 4.78 is 5.37. The van der Waals surface area contributed by atoms with E-state index in [1.807, 2.05) is 0 Å². The second kappa shape index (κ2) is 5.53. The standard InChI is InChI=1S/C10H14N4O3/c15-14(16)9-5-12-10(13-6-9)17-7-8-3-1-2-4-11-8/h5-6,8,11H,1-4,7H2. The zero-order valence-electron chi connectivity index (χ0n) is 9.33. The van der Waals surface area contributed by atoms with Gasteiger partial charge in [0, 0.05) is 6.04 Å². The maximum atomic E-state index is 10.4. The van der Waals surface area contributed by atoms with Gasteiger partial charge in [-0.2, -0.15) is 9.97 Å². The minimum atomic E-state index is -0.535. The number of aromatic nitrogens is 2. The largest absolute Gasteiger partial charge is 0.462 e. The summed E-state index contributed by atoms with van der Waals surface area (Å²) >= 11 is 0. The van der Waals surface area contributed by atoms with E-state index >= 15 is 0 Å². The molecule has 1 fully saturated rings. The molecule has 7 heteroatoms. The third-order valence-electron chi connectivity index (χ3n) is 2.65. The third-order valence-corrected chi connectivity index (χ3v) is 2.65. The number of hydrogen-bond donors (Lipinski definition) is 1. The van der Waals surface area contributed by atoms with Crippen LogP contribution < -0.4 is 10.1 Å². The van der Waals surface area contributed by atoms with E-state index in [1.54, 1.807) is 0 Å². The van der Waals surface area contributed by atoms with E-state index in [0.717, 1.165) is 25.4 Å². The van der Waals surface area contributed by atoms with Crippen molar-refractivity contribution in [2.75, 3.05) is 13.2 Å². The van der Waals surface area contributed by atoms with Gasteiger partial charge in [-0.15, -0.1) is 0 Å². The van der Waals surface area contributed by atoms with Crippen molar-refractivity contribution in [1.82, 2.24) is 15.3 Å². The van der Waals surface area contributed by atoms with E-state index in [2.05, 4.69) is 15.3 Å². The van der Waals surface area contributed by atoms with E-state index in [9.17, 15) is 10.1 Å². The van der Waals surface area contributed by atoms with Crippen molar-refractivity contribution in [3.8, 4) is 6.01 Å². The predicted molar refractivity (Wildman–Crippen MR) is 59.8 cm³/mol. The summed E-state index contributed by atoms with van der Waals surface area (Å²) in [5.74, 6) is 0. The molecule has 1 aromatic heterocycles. The minimum absolute atomic E-state index is 0.131. The Hall–Kier alpha value is -1.76. The van der Waals surface area contributed by atoms with Crippen molar-refractivity contribution < 1.29 is 9.66 Å². The van der Waals surface area contributed by atoms with Gasteiger partial charge in [0.25, 0.3) is 0 Å². The molecule has 0 saturated carbocycles.